The van der Waals surface area contributed by atoms with E-state index < -0.39 is 46.5 Å². The number of rotatable bonds is 0. The number of aromatic nitrogens is 6. The van der Waals surface area contributed by atoms with Crippen molar-refractivity contribution >= 4 is 44.7 Å². The molecule has 8 nitrogen and oxygen atoms in total. The van der Waals surface area contributed by atoms with E-state index in [1.165, 1.54) is 0 Å². The molecule has 1 aromatic carbocycles. The van der Waals surface area contributed by atoms with Gasteiger partial charge in [0.15, 0.2) is 0 Å². The van der Waals surface area contributed by atoms with Crippen LogP contribution >= 0.6 is 0 Å². The van der Waals surface area contributed by atoms with Gasteiger partial charge >= 0.3 is 0 Å². The standard InChI is InChI=1S/C14F4N8/c1-19-13-14(20-2)26-8-6-4(22-10(16)12(18)24-6)3-5(7(8)25-13)23-11(17)9(15)21-3. The van der Waals surface area contributed by atoms with Crippen LogP contribution < -0.4 is 0 Å². The molecule has 3 aromatic heterocycles. The van der Waals surface area contributed by atoms with Crippen LogP contribution in [0.4, 0.5) is 29.2 Å². The van der Waals surface area contributed by atoms with Crippen LogP contribution in [0.25, 0.3) is 42.8 Å². The summed E-state index contributed by atoms with van der Waals surface area (Å²) in [6.45, 7) is 14.1. The lowest BCUT2D eigenvalue weighted by Crippen LogP contribution is -2.03. The molecule has 0 fully saturated rings. The van der Waals surface area contributed by atoms with Gasteiger partial charge in [-0.2, -0.15) is 17.6 Å². The van der Waals surface area contributed by atoms with Gasteiger partial charge in [0, 0.05) is 0 Å². The van der Waals surface area contributed by atoms with Crippen LogP contribution in [0.5, 0.6) is 0 Å². The first-order chi connectivity index (χ1) is 12.4. The van der Waals surface area contributed by atoms with Crippen LogP contribution in [-0.4, -0.2) is 29.9 Å². The van der Waals surface area contributed by atoms with Crippen molar-refractivity contribution in [3.05, 3.63) is 46.6 Å². The van der Waals surface area contributed by atoms with Gasteiger partial charge in [-0.3, -0.25) is 0 Å². The number of nitrogens with zero attached hydrogens (tertiary/aromatic N) is 8. The van der Waals surface area contributed by atoms with Gasteiger partial charge in [-0.15, -0.1) is 9.97 Å². The maximum absolute atomic E-state index is 13.6. The van der Waals surface area contributed by atoms with Crippen molar-refractivity contribution in [1.82, 2.24) is 29.9 Å². The Hall–Kier alpha value is -4.06. The summed E-state index contributed by atoms with van der Waals surface area (Å²) in [6, 6.07) is 0. The van der Waals surface area contributed by atoms with E-state index in [-0.39, 0.29) is 22.1 Å². The Morgan fingerprint density at radius 1 is 0.462 bits per heavy atom. The molecule has 0 amide bonds. The van der Waals surface area contributed by atoms with E-state index in [2.05, 4.69) is 39.6 Å². The summed E-state index contributed by atoms with van der Waals surface area (Å²) in [4.78, 5) is 27.1. The summed E-state index contributed by atoms with van der Waals surface area (Å²) in [5.41, 5.74) is -2.23. The van der Waals surface area contributed by atoms with Crippen molar-refractivity contribution in [3.8, 4) is 0 Å². The Kier molecular flexibility index (Phi) is 3.10. The molecule has 3 heterocycles. The van der Waals surface area contributed by atoms with Gasteiger partial charge in [0.25, 0.3) is 35.4 Å². The summed E-state index contributed by atoms with van der Waals surface area (Å²) < 4.78 is 54.2. The highest BCUT2D eigenvalue weighted by Crippen LogP contribution is 2.34. The summed E-state index contributed by atoms with van der Waals surface area (Å²) in [6.07, 6.45) is 0. The first-order valence-corrected chi connectivity index (χ1v) is 6.58. The summed E-state index contributed by atoms with van der Waals surface area (Å²) in [7, 11) is 0. The highest BCUT2D eigenvalue weighted by molar-refractivity contribution is 6.18. The fourth-order valence-corrected chi connectivity index (χ4v) is 2.35. The largest absolute Gasteiger partial charge is 0.370 e. The monoisotopic (exact) mass is 356 g/mol. The quantitative estimate of drug-likeness (QED) is 0.273. The molecule has 0 radical (unpaired) electrons. The van der Waals surface area contributed by atoms with Gasteiger partial charge < -0.3 is 9.69 Å². The highest BCUT2D eigenvalue weighted by Gasteiger charge is 2.26. The average molecular weight is 356 g/mol. The number of hydrogen-bond donors (Lipinski definition) is 0. The van der Waals surface area contributed by atoms with Crippen LogP contribution in [0, 0.1) is 36.9 Å². The molecule has 0 unspecified atom stereocenters. The van der Waals surface area contributed by atoms with Crippen molar-refractivity contribution in [3.63, 3.8) is 0 Å². The fourth-order valence-electron chi connectivity index (χ4n) is 2.35. The molecule has 4 rings (SSSR count). The minimum Gasteiger partial charge on any atom is -0.370 e. The number of halogens is 4. The zero-order chi connectivity index (χ0) is 18.6. The molecule has 0 aliphatic carbocycles. The molecule has 0 aliphatic rings. The molecule has 12 heteroatoms. The summed E-state index contributed by atoms with van der Waals surface area (Å²) in [5.74, 6) is -7.21. The second-order valence-electron chi connectivity index (χ2n) is 4.80. The topological polar surface area (TPSA) is 86.1 Å². The van der Waals surface area contributed by atoms with Crippen molar-refractivity contribution < 1.29 is 17.6 Å². The molecular formula is C14F4N8. The lowest BCUT2D eigenvalue weighted by molar-refractivity contribution is 0.457. The molecule has 0 spiro atoms. The number of fused-ring (bicyclic) bond motifs is 6. The molecule has 0 atom stereocenters. The van der Waals surface area contributed by atoms with Crippen molar-refractivity contribution in [2.24, 2.45) is 0 Å². The van der Waals surface area contributed by atoms with Crippen LogP contribution in [0.1, 0.15) is 0 Å². The maximum Gasteiger partial charge on any atom is 0.294 e. The molecule has 0 aliphatic heterocycles. The third kappa shape index (κ3) is 1.99. The van der Waals surface area contributed by atoms with Gasteiger partial charge in [-0.05, 0) is 0 Å². The number of benzene rings is 1. The van der Waals surface area contributed by atoms with Crippen LogP contribution in [0.3, 0.4) is 0 Å². The van der Waals surface area contributed by atoms with Crippen LogP contribution in [0.2, 0.25) is 0 Å². The van der Waals surface area contributed by atoms with Crippen molar-refractivity contribution in [2.75, 3.05) is 0 Å². The smallest absolute Gasteiger partial charge is 0.294 e. The molecule has 4 aromatic rings. The van der Waals surface area contributed by atoms with Gasteiger partial charge in [0.05, 0.1) is 0 Å². The van der Waals surface area contributed by atoms with Crippen molar-refractivity contribution in [1.29, 1.82) is 0 Å². The summed E-state index contributed by atoms with van der Waals surface area (Å²) in [5, 5.41) is 0. The van der Waals surface area contributed by atoms with Gasteiger partial charge in [-0.1, -0.05) is 13.1 Å². The first-order valence-electron chi connectivity index (χ1n) is 6.58. The van der Waals surface area contributed by atoms with Crippen molar-refractivity contribution in [2.45, 2.75) is 0 Å². The molecule has 0 saturated carbocycles. The first kappa shape index (κ1) is 15.5. The zero-order valence-electron chi connectivity index (χ0n) is 12.1. The van der Waals surface area contributed by atoms with E-state index in [1.54, 1.807) is 0 Å². The van der Waals surface area contributed by atoms with Gasteiger partial charge in [0.1, 0.15) is 22.1 Å². The second kappa shape index (κ2) is 5.22. The highest BCUT2D eigenvalue weighted by atomic mass is 19.2. The molecule has 0 N–H and O–H groups in total. The molecule has 124 valence electrons. The molecular weight excluding hydrogens is 356 g/mol. The van der Waals surface area contributed by atoms with E-state index in [1.807, 2.05) is 0 Å². The zero-order valence-corrected chi connectivity index (χ0v) is 12.1. The second-order valence-corrected chi connectivity index (χ2v) is 4.80. The SMILES string of the molecule is [C-]#[N+]c1nc2c3nc(F)c(F)nc3c3nc(F)c(F)nc3c2nc1[N+]#[C-]. The minimum atomic E-state index is -1.60. The Bertz CT molecular complexity index is 1250. The predicted octanol–water partition coefficient (Wildman–Crippen LogP) is 3.17. The molecule has 0 bridgehead atoms. The van der Waals surface area contributed by atoms with E-state index in [9.17, 15) is 17.6 Å². The number of hydrogen-bond acceptors (Lipinski definition) is 6. The predicted molar refractivity (Wildman–Crippen MR) is 78.1 cm³/mol. The average Bonchev–Trinajstić information content (AvgIpc) is 2.63. The van der Waals surface area contributed by atoms with Gasteiger partial charge in [0.2, 0.25) is 11.0 Å². The third-order valence-electron chi connectivity index (χ3n) is 3.37. The van der Waals surface area contributed by atoms with Gasteiger partial charge in [-0.25, -0.2) is 19.9 Å². The molecule has 0 saturated heterocycles. The Labute approximate surface area is 139 Å². The minimum absolute atomic E-state index is 0.280. The van der Waals surface area contributed by atoms with E-state index >= 15 is 0 Å². The fraction of sp³-hybridized carbons (Fsp3) is 0. The van der Waals surface area contributed by atoms with Crippen LogP contribution in [0.15, 0.2) is 0 Å². The van der Waals surface area contributed by atoms with E-state index in [0.29, 0.717) is 0 Å². The van der Waals surface area contributed by atoms with E-state index in [4.69, 9.17) is 13.1 Å². The lowest BCUT2D eigenvalue weighted by Gasteiger charge is -2.05. The Morgan fingerprint density at radius 2 is 0.692 bits per heavy atom. The van der Waals surface area contributed by atoms with E-state index in [0.717, 1.165) is 0 Å². The summed E-state index contributed by atoms with van der Waals surface area (Å²) >= 11 is 0. The maximum atomic E-state index is 13.6. The lowest BCUT2D eigenvalue weighted by atomic mass is 10.2. The Morgan fingerprint density at radius 3 is 0.923 bits per heavy atom. The van der Waals surface area contributed by atoms with Crippen LogP contribution in [-0.2, 0) is 0 Å². The normalized spacial score (nSPS) is 11.0. The molecule has 26 heavy (non-hydrogen) atoms. The Balaban J connectivity index is 2.40. The third-order valence-corrected chi connectivity index (χ3v) is 3.37.